The summed E-state index contributed by atoms with van der Waals surface area (Å²) in [7, 11) is 3.05. The van der Waals surface area contributed by atoms with Crippen molar-refractivity contribution in [2.45, 2.75) is 18.9 Å². The first kappa shape index (κ1) is 24.1. The second kappa shape index (κ2) is 9.54. The number of carbonyl (C=O) groups excluding carboxylic acids is 3. The summed E-state index contributed by atoms with van der Waals surface area (Å²) >= 11 is 2.90. The van der Waals surface area contributed by atoms with Crippen molar-refractivity contribution < 1.29 is 19.1 Å². The Kier molecular flexibility index (Phi) is 6.04. The Labute approximate surface area is 224 Å². The van der Waals surface area contributed by atoms with Gasteiger partial charge in [0.2, 0.25) is 11.7 Å². The molecular formula is C26H22N6O4S2. The molecule has 0 saturated heterocycles. The SMILES string of the molecule is COC(=O)c1sccc1-n1cc2c3c(cccc31)N(C)C(=O)[C@@H](NC(=O)c1n[nH]c(Cc3cccs3)n1)C2. The fourth-order valence-electron chi connectivity index (χ4n) is 4.77. The Bertz CT molecular complexity index is 1680. The van der Waals surface area contributed by atoms with Gasteiger partial charge in [0, 0.05) is 36.3 Å². The fraction of sp³-hybridized carbons (Fsp3) is 0.192. The van der Waals surface area contributed by atoms with Gasteiger partial charge in [-0.25, -0.2) is 9.78 Å². The molecule has 0 aliphatic carbocycles. The Balaban J connectivity index is 1.32. The molecule has 0 radical (unpaired) electrons. The maximum Gasteiger partial charge on any atom is 0.350 e. The molecule has 0 fully saturated rings. The van der Waals surface area contributed by atoms with Gasteiger partial charge in [-0.3, -0.25) is 14.7 Å². The van der Waals surface area contributed by atoms with Crippen molar-refractivity contribution in [3.05, 3.63) is 80.3 Å². The highest BCUT2D eigenvalue weighted by atomic mass is 32.1. The maximum absolute atomic E-state index is 13.4. The lowest BCUT2D eigenvalue weighted by molar-refractivity contribution is -0.120. The monoisotopic (exact) mass is 546 g/mol. The molecule has 6 rings (SSSR count). The van der Waals surface area contributed by atoms with Gasteiger partial charge in [0.15, 0.2) is 0 Å². The molecule has 0 saturated carbocycles. The molecule has 12 heteroatoms. The van der Waals surface area contributed by atoms with Crippen molar-refractivity contribution >= 4 is 57.0 Å². The summed E-state index contributed by atoms with van der Waals surface area (Å²) in [6.45, 7) is 0. The van der Waals surface area contributed by atoms with Crippen molar-refractivity contribution in [2.75, 3.05) is 19.1 Å². The van der Waals surface area contributed by atoms with Crippen LogP contribution in [0.3, 0.4) is 0 Å². The standard InChI is InChI=1S/C26H22N6O4S2/c1-31-17-6-3-7-18-21(17)14(13-32(18)19-8-10-38-22(19)26(35)36-2)11-16(25(31)34)27-24(33)23-28-20(29-30-23)12-15-5-4-9-37-15/h3-10,13,16H,11-12H2,1-2H3,(H,27,33)(H,28,29,30)/t16-/m0/s1. The molecule has 2 amide bonds. The largest absolute Gasteiger partial charge is 0.465 e. The third kappa shape index (κ3) is 4.07. The van der Waals surface area contributed by atoms with Gasteiger partial charge in [-0.2, -0.15) is 0 Å². The number of thiophene rings is 2. The van der Waals surface area contributed by atoms with Crippen molar-refractivity contribution in [1.29, 1.82) is 0 Å². The number of H-pyrrole nitrogens is 1. The summed E-state index contributed by atoms with van der Waals surface area (Å²) in [4.78, 5) is 46.3. The number of likely N-dealkylation sites (N-methyl/N-ethyl adjacent to an activating group) is 1. The second-order valence-corrected chi connectivity index (χ2v) is 10.8. The van der Waals surface area contributed by atoms with Crippen molar-refractivity contribution in [2.24, 2.45) is 0 Å². The molecule has 5 aromatic rings. The number of aromatic amines is 1. The number of nitrogens with zero attached hydrogens (tertiary/aromatic N) is 4. The second-order valence-electron chi connectivity index (χ2n) is 8.81. The molecule has 1 aromatic carbocycles. The van der Waals surface area contributed by atoms with E-state index in [2.05, 4.69) is 20.5 Å². The molecule has 1 atom stereocenters. The van der Waals surface area contributed by atoms with Gasteiger partial charge in [-0.1, -0.05) is 12.1 Å². The van der Waals surface area contributed by atoms with E-state index >= 15 is 0 Å². The van der Waals surface area contributed by atoms with Crippen LogP contribution < -0.4 is 10.2 Å². The predicted molar refractivity (Wildman–Crippen MR) is 144 cm³/mol. The van der Waals surface area contributed by atoms with Crippen LogP contribution in [0, 0.1) is 0 Å². The van der Waals surface area contributed by atoms with E-state index < -0.39 is 17.9 Å². The highest BCUT2D eigenvalue weighted by molar-refractivity contribution is 7.12. The van der Waals surface area contributed by atoms with Crippen molar-refractivity contribution in [1.82, 2.24) is 25.1 Å². The van der Waals surface area contributed by atoms with Gasteiger partial charge < -0.3 is 19.5 Å². The van der Waals surface area contributed by atoms with Crippen LogP contribution >= 0.6 is 22.7 Å². The van der Waals surface area contributed by atoms with E-state index in [0.717, 1.165) is 27.0 Å². The minimum Gasteiger partial charge on any atom is -0.465 e. The number of hydrogen-bond acceptors (Lipinski definition) is 8. The Morgan fingerprint density at radius 2 is 2.03 bits per heavy atom. The number of amides is 2. The zero-order chi connectivity index (χ0) is 26.4. The first-order valence-corrected chi connectivity index (χ1v) is 13.5. The van der Waals surface area contributed by atoms with E-state index in [1.165, 1.54) is 18.4 Å². The highest BCUT2D eigenvalue weighted by Crippen LogP contribution is 2.37. The average molecular weight is 547 g/mol. The number of carbonyl (C=O) groups is 3. The van der Waals surface area contributed by atoms with E-state index in [0.29, 0.717) is 22.8 Å². The summed E-state index contributed by atoms with van der Waals surface area (Å²) < 4.78 is 6.90. The van der Waals surface area contributed by atoms with Gasteiger partial charge in [0.05, 0.1) is 24.0 Å². The number of methoxy groups -OCH3 is 1. The molecule has 0 spiro atoms. The fourth-order valence-corrected chi connectivity index (χ4v) is 6.28. The van der Waals surface area contributed by atoms with Crippen LogP contribution in [-0.2, 0) is 22.4 Å². The van der Waals surface area contributed by atoms with Gasteiger partial charge in [0.25, 0.3) is 5.91 Å². The minimum atomic E-state index is -0.833. The van der Waals surface area contributed by atoms with Gasteiger partial charge in [0.1, 0.15) is 16.7 Å². The minimum absolute atomic E-state index is 0.0162. The summed E-state index contributed by atoms with van der Waals surface area (Å²) in [5, 5.41) is 14.4. The van der Waals surface area contributed by atoms with Gasteiger partial charge in [-0.05, 0) is 40.6 Å². The van der Waals surface area contributed by atoms with Gasteiger partial charge >= 0.3 is 5.97 Å². The Morgan fingerprint density at radius 1 is 1.16 bits per heavy atom. The zero-order valence-electron chi connectivity index (χ0n) is 20.4. The first-order valence-electron chi connectivity index (χ1n) is 11.8. The Hall–Kier alpha value is -4.29. The number of benzene rings is 1. The van der Waals surface area contributed by atoms with Crippen molar-refractivity contribution in [3.8, 4) is 5.69 Å². The number of rotatable bonds is 6. The lowest BCUT2D eigenvalue weighted by Crippen LogP contribution is -2.48. The third-order valence-corrected chi connectivity index (χ3v) is 8.30. The van der Waals surface area contributed by atoms with E-state index in [1.54, 1.807) is 23.3 Å². The highest BCUT2D eigenvalue weighted by Gasteiger charge is 2.33. The maximum atomic E-state index is 13.4. The molecule has 1 aliphatic heterocycles. The zero-order valence-corrected chi connectivity index (χ0v) is 22.1. The molecule has 0 bridgehead atoms. The van der Waals surface area contributed by atoms with Crippen LogP contribution in [0.25, 0.3) is 16.6 Å². The summed E-state index contributed by atoms with van der Waals surface area (Å²) in [6.07, 6.45) is 2.72. The lowest BCUT2D eigenvalue weighted by Gasteiger charge is -2.22. The smallest absolute Gasteiger partial charge is 0.350 e. The Morgan fingerprint density at radius 3 is 2.82 bits per heavy atom. The molecule has 38 heavy (non-hydrogen) atoms. The van der Waals surface area contributed by atoms with Crippen LogP contribution in [0.2, 0.25) is 0 Å². The van der Waals surface area contributed by atoms with Gasteiger partial charge in [-0.15, -0.1) is 27.8 Å². The summed E-state index contributed by atoms with van der Waals surface area (Å²) in [5.41, 5.74) is 3.14. The van der Waals surface area contributed by atoms with Crippen LogP contribution in [0.5, 0.6) is 0 Å². The summed E-state index contributed by atoms with van der Waals surface area (Å²) in [5.74, 6) is -0.626. The van der Waals surface area contributed by atoms with Crippen molar-refractivity contribution in [3.63, 3.8) is 0 Å². The van der Waals surface area contributed by atoms with Crippen LogP contribution in [-0.4, -0.2) is 57.7 Å². The molecule has 5 heterocycles. The molecule has 2 N–H and O–H groups in total. The van der Waals surface area contributed by atoms with E-state index in [9.17, 15) is 14.4 Å². The number of anilines is 1. The molecule has 192 valence electrons. The van der Waals surface area contributed by atoms with E-state index in [-0.39, 0.29) is 18.2 Å². The normalized spacial score (nSPS) is 15.1. The number of hydrogen-bond donors (Lipinski definition) is 2. The molecular weight excluding hydrogens is 524 g/mol. The topological polar surface area (TPSA) is 122 Å². The molecule has 4 aromatic heterocycles. The first-order chi connectivity index (χ1) is 18.4. The number of ether oxygens (including phenoxy) is 1. The molecule has 10 nitrogen and oxygen atoms in total. The number of aromatic nitrogens is 4. The number of nitrogens with one attached hydrogen (secondary N) is 2. The predicted octanol–water partition coefficient (Wildman–Crippen LogP) is 3.57. The van der Waals surface area contributed by atoms with Crippen LogP contribution in [0.15, 0.2) is 53.4 Å². The lowest BCUT2D eigenvalue weighted by atomic mass is 10.1. The number of esters is 1. The van der Waals surface area contributed by atoms with E-state index in [4.69, 9.17) is 4.74 Å². The van der Waals surface area contributed by atoms with Crippen LogP contribution in [0.1, 0.15) is 36.6 Å². The third-order valence-electron chi connectivity index (χ3n) is 6.54. The molecule has 0 unspecified atom stereocenters. The summed E-state index contributed by atoms with van der Waals surface area (Å²) in [6, 6.07) is 10.7. The van der Waals surface area contributed by atoms with Crippen LogP contribution in [0.4, 0.5) is 5.69 Å². The van der Waals surface area contributed by atoms with E-state index in [1.807, 2.05) is 57.9 Å². The average Bonchev–Trinajstić information content (AvgIpc) is 3.73. The molecule has 1 aliphatic rings. The quantitative estimate of drug-likeness (QED) is 0.314.